The standard InChI is InChI=1S/C23H32FN5O/c1-22(2,3)18-16(24)17-15-19(28-21(26-17)23(4,5)6)29-11-12-7-8-13(25-12)14(29)9-10-30-20(15)27-18/h12-14,25H,7-11H2,1-6H3/t12-,13+,14-/m0/s1. The molecule has 2 bridgehead atoms. The van der Waals surface area contributed by atoms with Crippen LogP contribution in [0.3, 0.4) is 0 Å². The van der Waals surface area contributed by atoms with Gasteiger partial charge in [-0.25, -0.2) is 19.3 Å². The van der Waals surface area contributed by atoms with Gasteiger partial charge in [0.25, 0.3) is 0 Å². The number of aromatic nitrogens is 3. The first-order valence-electron chi connectivity index (χ1n) is 11.1. The predicted molar refractivity (Wildman–Crippen MR) is 116 cm³/mol. The van der Waals surface area contributed by atoms with Crippen molar-refractivity contribution in [2.24, 2.45) is 0 Å². The molecule has 30 heavy (non-hydrogen) atoms. The van der Waals surface area contributed by atoms with Crippen LogP contribution in [0.15, 0.2) is 0 Å². The van der Waals surface area contributed by atoms with E-state index in [1.807, 2.05) is 20.8 Å². The lowest BCUT2D eigenvalue weighted by molar-refractivity contribution is 0.254. The quantitative estimate of drug-likeness (QED) is 0.708. The van der Waals surface area contributed by atoms with Crippen LogP contribution in [-0.4, -0.2) is 46.2 Å². The molecule has 0 radical (unpaired) electrons. The fourth-order valence-corrected chi connectivity index (χ4v) is 5.03. The van der Waals surface area contributed by atoms with Crippen LogP contribution in [0.5, 0.6) is 5.88 Å². The molecule has 2 saturated heterocycles. The third-order valence-corrected chi connectivity index (χ3v) is 6.60. The van der Waals surface area contributed by atoms with Gasteiger partial charge < -0.3 is 15.0 Å². The number of fused-ring (bicyclic) bond motifs is 5. The number of hydrogen-bond donors (Lipinski definition) is 1. The summed E-state index contributed by atoms with van der Waals surface area (Å²) in [6.45, 7) is 13.6. The van der Waals surface area contributed by atoms with Crippen molar-refractivity contribution in [3.8, 4) is 5.88 Å². The molecule has 162 valence electrons. The maximum absolute atomic E-state index is 15.8. The average Bonchev–Trinajstić information content (AvgIpc) is 3.03. The van der Waals surface area contributed by atoms with Crippen LogP contribution in [-0.2, 0) is 10.8 Å². The third-order valence-electron chi connectivity index (χ3n) is 6.60. The van der Waals surface area contributed by atoms with E-state index in [0.717, 1.165) is 25.2 Å². The molecule has 3 aliphatic heterocycles. The van der Waals surface area contributed by atoms with Gasteiger partial charge in [-0.2, -0.15) is 0 Å². The van der Waals surface area contributed by atoms with Gasteiger partial charge in [-0.15, -0.1) is 0 Å². The second kappa shape index (κ2) is 6.49. The number of halogens is 1. The Kier molecular flexibility index (Phi) is 4.31. The molecule has 2 aromatic heterocycles. The molecule has 0 aliphatic carbocycles. The first-order chi connectivity index (χ1) is 14.0. The summed E-state index contributed by atoms with van der Waals surface area (Å²) >= 11 is 0. The molecule has 0 saturated carbocycles. The van der Waals surface area contributed by atoms with Crippen molar-refractivity contribution in [2.75, 3.05) is 18.1 Å². The molecule has 1 N–H and O–H groups in total. The van der Waals surface area contributed by atoms with Crippen molar-refractivity contribution in [2.45, 2.75) is 89.8 Å². The number of pyridine rings is 1. The number of rotatable bonds is 0. The summed E-state index contributed by atoms with van der Waals surface area (Å²) in [7, 11) is 0. The van der Waals surface area contributed by atoms with Gasteiger partial charge in [-0.1, -0.05) is 41.5 Å². The highest BCUT2D eigenvalue weighted by molar-refractivity contribution is 5.95. The van der Waals surface area contributed by atoms with Crippen molar-refractivity contribution < 1.29 is 9.13 Å². The molecule has 3 atom stereocenters. The summed E-state index contributed by atoms with van der Waals surface area (Å²) in [4.78, 5) is 16.8. The first kappa shape index (κ1) is 19.9. The van der Waals surface area contributed by atoms with Crippen molar-refractivity contribution in [3.63, 3.8) is 0 Å². The minimum atomic E-state index is -0.454. The van der Waals surface area contributed by atoms with E-state index < -0.39 is 5.41 Å². The number of nitrogens with zero attached hydrogens (tertiary/aromatic N) is 4. The third kappa shape index (κ3) is 3.04. The first-order valence-corrected chi connectivity index (χ1v) is 11.1. The van der Waals surface area contributed by atoms with Crippen LogP contribution in [0, 0.1) is 5.82 Å². The smallest absolute Gasteiger partial charge is 0.227 e. The second-order valence-corrected chi connectivity index (χ2v) is 11.1. The van der Waals surface area contributed by atoms with E-state index in [2.05, 4.69) is 36.0 Å². The van der Waals surface area contributed by atoms with Crippen molar-refractivity contribution in [1.82, 2.24) is 20.3 Å². The zero-order valence-corrected chi connectivity index (χ0v) is 18.8. The molecule has 5 heterocycles. The molecule has 2 fully saturated rings. The largest absolute Gasteiger partial charge is 0.477 e. The molecule has 0 aromatic carbocycles. The number of ether oxygens (including phenoxy) is 1. The van der Waals surface area contributed by atoms with Gasteiger partial charge in [0.05, 0.1) is 12.3 Å². The lowest BCUT2D eigenvalue weighted by Crippen LogP contribution is -2.59. The predicted octanol–water partition coefficient (Wildman–Crippen LogP) is 3.85. The van der Waals surface area contributed by atoms with Crippen LogP contribution < -0.4 is 15.0 Å². The van der Waals surface area contributed by atoms with E-state index in [1.165, 1.54) is 6.42 Å². The maximum atomic E-state index is 15.8. The Morgan fingerprint density at radius 3 is 2.47 bits per heavy atom. The van der Waals surface area contributed by atoms with Crippen molar-refractivity contribution in [1.29, 1.82) is 0 Å². The Hall–Kier alpha value is -2.02. The summed E-state index contributed by atoms with van der Waals surface area (Å²) in [5, 5.41) is 4.37. The molecule has 0 unspecified atom stereocenters. The van der Waals surface area contributed by atoms with Crippen LogP contribution in [0.2, 0.25) is 0 Å². The normalized spacial score (nSPS) is 26.2. The van der Waals surface area contributed by atoms with E-state index in [0.29, 0.717) is 47.0 Å². The van der Waals surface area contributed by atoms with E-state index in [9.17, 15) is 0 Å². The van der Waals surface area contributed by atoms with Gasteiger partial charge >= 0.3 is 0 Å². The molecular weight excluding hydrogens is 381 g/mol. The van der Waals surface area contributed by atoms with E-state index in [1.54, 1.807) is 0 Å². The van der Waals surface area contributed by atoms with Crippen molar-refractivity contribution >= 4 is 16.7 Å². The van der Waals surface area contributed by atoms with Gasteiger partial charge in [0.1, 0.15) is 22.5 Å². The number of nitrogens with one attached hydrogen (secondary N) is 1. The highest BCUT2D eigenvalue weighted by Gasteiger charge is 2.43. The lowest BCUT2D eigenvalue weighted by atomic mass is 9.90. The summed E-state index contributed by atoms with van der Waals surface area (Å²) in [5.74, 6) is 1.56. The number of piperazine rings is 1. The molecule has 2 aromatic rings. The SMILES string of the molecule is CC(C)(C)c1nc2c3c(nc(C(C)(C)C)c(F)c3n1)OCC[C@H]1[C@H]3CC[C@@H](CN21)N3. The minimum absolute atomic E-state index is 0.285. The van der Waals surface area contributed by atoms with Crippen LogP contribution in [0.1, 0.15) is 72.3 Å². The van der Waals surface area contributed by atoms with Gasteiger partial charge in [0, 0.05) is 41.9 Å². The molecular formula is C23H32FN5O. The lowest BCUT2D eigenvalue weighted by Gasteiger charge is -2.43. The second-order valence-electron chi connectivity index (χ2n) is 11.1. The summed E-state index contributed by atoms with van der Waals surface area (Å²) in [5.41, 5.74) is -0.0170. The van der Waals surface area contributed by atoms with Gasteiger partial charge in [0.15, 0.2) is 5.82 Å². The minimum Gasteiger partial charge on any atom is -0.477 e. The molecule has 6 nitrogen and oxygen atoms in total. The van der Waals surface area contributed by atoms with Crippen molar-refractivity contribution in [3.05, 3.63) is 17.3 Å². The fraction of sp³-hybridized carbons (Fsp3) is 0.696. The number of anilines is 1. The van der Waals surface area contributed by atoms with Gasteiger partial charge in [-0.3, -0.25) is 0 Å². The Morgan fingerprint density at radius 1 is 1.00 bits per heavy atom. The zero-order valence-electron chi connectivity index (χ0n) is 18.8. The Morgan fingerprint density at radius 2 is 1.77 bits per heavy atom. The van der Waals surface area contributed by atoms with E-state index >= 15 is 4.39 Å². The maximum Gasteiger partial charge on any atom is 0.227 e. The van der Waals surface area contributed by atoms with Crippen LogP contribution in [0.25, 0.3) is 10.9 Å². The Labute approximate surface area is 177 Å². The zero-order chi connectivity index (χ0) is 21.4. The highest BCUT2D eigenvalue weighted by Crippen LogP contribution is 2.42. The van der Waals surface area contributed by atoms with E-state index in [4.69, 9.17) is 14.7 Å². The molecule has 3 aliphatic rings. The van der Waals surface area contributed by atoms with Crippen LogP contribution in [0.4, 0.5) is 10.2 Å². The monoisotopic (exact) mass is 413 g/mol. The Bertz CT molecular complexity index is 1010. The summed E-state index contributed by atoms with van der Waals surface area (Å²) < 4.78 is 22.0. The summed E-state index contributed by atoms with van der Waals surface area (Å²) in [6, 6.07) is 1.15. The van der Waals surface area contributed by atoms with Gasteiger partial charge in [-0.05, 0) is 12.8 Å². The van der Waals surface area contributed by atoms with E-state index in [-0.39, 0.29) is 17.3 Å². The number of hydrogen-bond acceptors (Lipinski definition) is 6. The fourth-order valence-electron chi connectivity index (χ4n) is 5.03. The average molecular weight is 414 g/mol. The summed E-state index contributed by atoms with van der Waals surface area (Å²) in [6.07, 6.45) is 3.22. The molecule has 0 amide bonds. The molecule has 7 heteroatoms. The van der Waals surface area contributed by atoms with Crippen LogP contribution >= 0.6 is 0 Å². The molecule has 0 spiro atoms. The molecule has 5 rings (SSSR count). The topological polar surface area (TPSA) is 63.2 Å². The Balaban J connectivity index is 1.83. The van der Waals surface area contributed by atoms with Gasteiger partial charge in [0.2, 0.25) is 5.88 Å². The highest BCUT2D eigenvalue weighted by atomic mass is 19.1.